The van der Waals surface area contributed by atoms with Gasteiger partial charge in [-0.2, -0.15) is 0 Å². The summed E-state index contributed by atoms with van der Waals surface area (Å²) in [5.41, 5.74) is 0. The van der Waals surface area contributed by atoms with Crippen molar-refractivity contribution in [2.45, 2.75) is 51.4 Å². The van der Waals surface area contributed by atoms with Crippen molar-refractivity contribution in [2.24, 2.45) is 5.92 Å². The van der Waals surface area contributed by atoms with Crippen LogP contribution in [0.2, 0.25) is 0 Å². The van der Waals surface area contributed by atoms with Gasteiger partial charge in [-0.15, -0.1) is 0 Å². The molecule has 0 aromatic carbocycles. The van der Waals surface area contributed by atoms with Crippen molar-refractivity contribution in [3.05, 3.63) is 0 Å². The third kappa shape index (κ3) is 4.73. The van der Waals surface area contributed by atoms with Crippen LogP contribution < -0.4 is 5.32 Å². The van der Waals surface area contributed by atoms with E-state index < -0.39 is 12.2 Å². The van der Waals surface area contributed by atoms with Crippen molar-refractivity contribution in [3.8, 4) is 0 Å². The summed E-state index contributed by atoms with van der Waals surface area (Å²) in [6.45, 7) is 2.04. The van der Waals surface area contributed by atoms with Crippen molar-refractivity contribution in [3.63, 3.8) is 0 Å². The third-order valence-electron chi connectivity index (χ3n) is 4.05. The van der Waals surface area contributed by atoms with E-state index in [0.717, 1.165) is 19.3 Å². The largest absolute Gasteiger partial charge is 0.418 e. The number of rotatable bonds is 2. The number of nitrogens with zero attached hydrogens (tertiary/aromatic N) is 1. The highest BCUT2D eigenvalue weighted by Crippen LogP contribution is 2.22. The maximum atomic E-state index is 11.7. The van der Waals surface area contributed by atoms with Crippen LogP contribution in [-0.4, -0.2) is 36.7 Å². The summed E-state index contributed by atoms with van der Waals surface area (Å²) in [6, 6.07) is 0. The standard InChI is InChI=1S/C14H24N2O3/c17-13(15-11-12-7-3-1-4-8-12)19-14(18)16-9-5-2-6-10-16/h12H,1-11H2,(H,15,17). The number of amides is 2. The van der Waals surface area contributed by atoms with Gasteiger partial charge in [0.15, 0.2) is 0 Å². The van der Waals surface area contributed by atoms with E-state index in [9.17, 15) is 9.59 Å². The quantitative estimate of drug-likeness (QED) is 0.783. The minimum atomic E-state index is -0.596. The van der Waals surface area contributed by atoms with E-state index in [4.69, 9.17) is 4.74 Å². The Bertz CT molecular complexity index is 308. The summed E-state index contributed by atoms with van der Waals surface area (Å²) in [5.74, 6) is 0.548. The molecule has 0 aromatic rings. The molecule has 5 heteroatoms. The van der Waals surface area contributed by atoms with Crippen LogP contribution in [0.15, 0.2) is 0 Å². The molecular weight excluding hydrogens is 244 g/mol. The molecular formula is C14H24N2O3. The van der Waals surface area contributed by atoms with Crippen LogP contribution in [0, 0.1) is 5.92 Å². The summed E-state index contributed by atoms with van der Waals surface area (Å²) in [5, 5.41) is 2.71. The van der Waals surface area contributed by atoms with Crippen molar-refractivity contribution < 1.29 is 14.3 Å². The highest BCUT2D eigenvalue weighted by atomic mass is 16.6. The molecule has 19 heavy (non-hydrogen) atoms. The van der Waals surface area contributed by atoms with Crippen LogP contribution in [0.5, 0.6) is 0 Å². The van der Waals surface area contributed by atoms with Crippen LogP contribution in [0.4, 0.5) is 9.59 Å². The molecule has 0 aromatic heterocycles. The van der Waals surface area contributed by atoms with E-state index in [1.165, 1.54) is 32.1 Å². The van der Waals surface area contributed by atoms with Gasteiger partial charge in [-0.3, -0.25) is 0 Å². The predicted octanol–water partition coefficient (Wildman–Crippen LogP) is 2.90. The highest BCUT2D eigenvalue weighted by Gasteiger charge is 2.21. The van der Waals surface area contributed by atoms with E-state index >= 15 is 0 Å². The van der Waals surface area contributed by atoms with Gasteiger partial charge in [0, 0.05) is 19.6 Å². The molecule has 0 radical (unpaired) electrons. The van der Waals surface area contributed by atoms with E-state index in [1.54, 1.807) is 4.90 Å². The Balaban J connectivity index is 1.64. The Morgan fingerprint density at radius 2 is 1.63 bits per heavy atom. The van der Waals surface area contributed by atoms with Gasteiger partial charge >= 0.3 is 12.2 Å². The maximum absolute atomic E-state index is 11.7. The molecule has 2 rings (SSSR count). The normalized spacial score (nSPS) is 20.9. The van der Waals surface area contributed by atoms with E-state index in [1.807, 2.05) is 0 Å². The summed E-state index contributed by atoms with van der Waals surface area (Å²) in [4.78, 5) is 24.9. The summed E-state index contributed by atoms with van der Waals surface area (Å²) >= 11 is 0. The third-order valence-corrected chi connectivity index (χ3v) is 4.05. The predicted molar refractivity (Wildman–Crippen MR) is 71.9 cm³/mol. The van der Waals surface area contributed by atoms with Crippen LogP contribution in [-0.2, 0) is 4.74 Å². The van der Waals surface area contributed by atoms with Crippen molar-refractivity contribution in [2.75, 3.05) is 19.6 Å². The van der Waals surface area contributed by atoms with Gasteiger partial charge in [0.2, 0.25) is 0 Å². The SMILES string of the molecule is O=C(NCC1CCCCC1)OC(=O)N1CCCCC1. The lowest BCUT2D eigenvalue weighted by atomic mass is 9.89. The summed E-state index contributed by atoms with van der Waals surface area (Å²) < 4.78 is 4.82. The van der Waals surface area contributed by atoms with Crippen LogP contribution in [0.1, 0.15) is 51.4 Å². The Kier molecular flexibility index (Phi) is 5.48. The summed E-state index contributed by atoms with van der Waals surface area (Å²) in [7, 11) is 0. The number of carbonyl (C=O) groups excluding carboxylic acids is 2. The molecule has 1 N–H and O–H groups in total. The molecule has 0 unspecified atom stereocenters. The lowest BCUT2D eigenvalue weighted by Crippen LogP contribution is -2.40. The van der Waals surface area contributed by atoms with Gasteiger partial charge in [0.1, 0.15) is 0 Å². The number of ether oxygens (including phenoxy) is 1. The lowest BCUT2D eigenvalue weighted by molar-refractivity contribution is 0.110. The molecule has 0 atom stereocenters. The molecule has 1 saturated carbocycles. The molecule has 1 heterocycles. The van der Waals surface area contributed by atoms with Gasteiger partial charge in [-0.05, 0) is 38.0 Å². The molecule has 2 fully saturated rings. The Morgan fingerprint density at radius 1 is 1.00 bits per heavy atom. The van der Waals surface area contributed by atoms with Crippen LogP contribution in [0.25, 0.3) is 0 Å². The summed E-state index contributed by atoms with van der Waals surface area (Å²) in [6.07, 6.45) is 8.18. The minimum Gasteiger partial charge on any atom is -0.359 e. The topological polar surface area (TPSA) is 58.6 Å². The number of alkyl carbamates (subject to hydrolysis) is 1. The maximum Gasteiger partial charge on any atom is 0.418 e. The highest BCUT2D eigenvalue weighted by molar-refractivity contribution is 5.83. The van der Waals surface area contributed by atoms with Crippen LogP contribution >= 0.6 is 0 Å². The van der Waals surface area contributed by atoms with Gasteiger partial charge in [-0.1, -0.05) is 19.3 Å². The zero-order valence-electron chi connectivity index (χ0n) is 11.5. The Labute approximate surface area is 114 Å². The fourth-order valence-corrected chi connectivity index (χ4v) is 2.88. The average molecular weight is 268 g/mol. The Hall–Kier alpha value is -1.26. The zero-order chi connectivity index (χ0) is 13.5. The van der Waals surface area contributed by atoms with Gasteiger partial charge < -0.3 is 15.0 Å². The first-order chi connectivity index (χ1) is 9.25. The second-order valence-electron chi connectivity index (χ2n) is 5.59. The molecule has 2 amide bonds. The smallest absolute Gasteiger partial charge is 0.359 e. The molecule has 1 saturated heterocycles. The second kappa shape index (κ2) is 7.36. The fourth-order valence-electron chi connectivity index (χ4n) is 2.88. The molecule has 0 spiro atoms. The van der Waals surface area contributed by atoms with Crippen molar-refractivity contribution in [1.29, 1.82) is 0 Å². The van der Waals surface area contributed by atoms with Gasteiger partial charge in [0.05, 0.1) is 0 Å². The van der Waals surface area contributed by atoms with Gasteiger partial charge in [-0.25, -0.2) is 9.59 Å². The molecule has 0 bridgehead atoms. The number of piperidine rings is 1. The Morgan fingerprint density at radius 3 is 2.32 bits per heavy atom. The second-order valence-corrected chi connectivity index (χ2v) is 5.59. The number of hydrogen-bond donors (Lipinski definition) is 1. The first-order valence-corrected chi connectivity index (χ1v) is 7.50. The number of nitrogens with one attached hydrogen (secondary N) is 1. The first-order valence-electron chi connectivity index (χ1n) is 7.50. The number of carbonyl (C=O) groups is 2. The minimum absolute atomic E-state index is 0.499. The molecule has 1 aliphatic carbocycles. The zero-order valence-corrected chi connectivity index (χ0v) is 11.5. The van der Waals surface area contributed by atoms with E-state index in [0.29, 0.717) is 25.6 Å². The lowest BCUT2D eigenvalue weighted by Gasteiger charge is -2.25. The first kappa shape index (κ1) is 14.2. The van der Waals surface area contributed by atoms with Crippen molar-refractivity contribution >= 4 is 12.2 Å². The number of hydrogen-bond acceptors (Lipinski definition) is 3. The van der Waals surface area contributed by atoms with Gasteiger partial charge in [0.25, 0.3) is 0 Å². The molecule has 2 aliphatic rings. The molecule has 108 valence electrons. The monoisotopic (exact) mass is 268 g/mol. The molecule has 1 aliphatic heterocycles. The number of likely N-dealkylation sites (tertiary alicyclic amines) is 1. The average Bonchev–Trinajstić information content (AvgIpc) is 2.47. The molecule has 5 nitrogen and oxygen atoms in total. The van der Waals surface area contributed by atoms with Crippen molar-refractivity contribution in [1.82, 2.24) is 10.2 Å². The van der Waals surface area contributed by atoms with E-state index in [2.05, 4.69) is 5.32 Å². The fraction of sp³-hybridized carbons (Fsp3) is 0.857. The van der Waals surface area contributed by atoms with E-state index in [-0.39, 0.29) is 0 Å². The van der Waals surface area contributed by atoms with Crippen LogP contribution in [0.3, 0.4) is 0 Å².